The van der Waals surface area contributed by atoms with Gasteiger partial charge in [0.2, 0.25) is 0 Å². The number of benzene rings is 2. The first-order valence-electron chi connectivity index (χ1n) is 7.80. The highest BCUT2D eigenvalue weighted by Crippen LogP contribution is 2.26. The smallest absolute Gasteiger partial charge is 0.147 e. The van der Waals surface area contributed by atoms with Crippen LogP contribution in [0.3, 0.4) is 0 Å². The highest BCUT2D eigenvalue weighted by atomic mass is 16.5. The van der Waals surface area contributed by atoms with Gasteiger partial charge in [-0.1, -0.05) is 18.2 Å². The first-order valence-corrected chi connectivity index (χ1v) is 7.80. The van der Waals surface area contributed by atoms with E-state index in [1.54, 1.807) is 12.4 Å². The Balaban J connectivity index is 1.66. The lowest BCUT2D eigenvalue weighted by atomic mass is 10.1. The lowest BCUT2D eigenvalue weighted by Gasteiger charge is -2.18. The Morgan fingerprint density at radius 1 is 0.833 bits per heavy atom. The number of ether oxygens (including phenoxy) is 1. The van der Waals surface area contributed by atoms with E-state index in [9.17, 15) is 5.11 Å². The van der Waals surface area contributed by atoms with E-state index in [-0.39, 0.29) is 6.61 Å². The Bertz CT molecular complexity index is 1000. The summed E-state index contributed by atoms with van der Waals surface area (Å²) in [7, 11) is 0. The highest BCUT2D eigenvalue weighted by molar-refractivity contribution is 5.80. The van der Waals surface area contributed by atoms with Gasteiger partial charge in [0, 0.05) is 23.2 Å². The normalized spacial score (nSPS) is 12.4. The molecule has 0 aliphatic rings. The summed E-state index contributed by atoms with van der Waals surface area (Å²) in [4.78, 5) is 8.62. The first kappa shape index (κ1) is 14.6. The molecule has 4 rings (SSSR count). The van der Waals surface area contributed by atoms with Gasteiger partial charge in [0.15, 0.2) is 0 Å². The van der Waals surface area contributed by atoms with Gasteiger partial charge in [-0.05, 0) is 48.0 Å². The molecule has 0 spiro atoms. The summed E-state index contributed by atoms with van der Waals surface area (Å²) >= 11 is 0. The Hall–Kier alpha value is -2.98. The van der Waals surface area contributed by atoms with Crippen molar-refractivity contribution in [1.82, 2.24) is 9.97 Å². The lowest BCUT2D eigenvalue weighted by Crippen LogP contribution is -2.12. The average Bonchev–Trinajstić information content (AvgIpc) is 2.65. The molecule has 4 aromatic rings. The van der Waals surface area contributed by atoms with E-state index in [1.807, 2.05) is 60.7 Å². The number of rotatable bonds is 4. The number of nitrogens with zero attached hydrogens (tertiary/aromatic N) is 2. The minimum Gasteiger partial charge on any atom is -0.483 e. The third-order valence-electron chi connectivity index (χ3n) is 4.02. The maximum Gasteiger partial charge on any atom is 0.147 e. The van der Waals surface area contributed by atoms with Crippen molar-refractivity contribution in [3.8, 4) is 5.75 Å². The molecule has 24 heavy (non-hydrogen) atoms. The van der Waals surface area contributed by atoms with Crippen molar-refractivity contribution in [3.63, 3.8) is 0 Å². The maximum atomic E-state index is 9.77. The Morgan fingerprint density at radius 2 is 1.50 bits per heavy atom. The monoisotopic (exact) mass is 316 g/mol. The maximum absolute atomic E-state index is 9.77. The summed E-state index contributed by atoms with van der Waals surface area (Å²) in [6, 6.07) is 19.4. The molecule has 0 aliphatic carbocycles. The quantitative estimate of drug-likeness (QED) is 0.620. The lowest BCUT2D eigenvalue weighted by molar-refractivity contribution is 0.116. The second-order valence-electron chi connectivity index (χ2n) is 5.60. The zero-order valence-corrected chi connectivity index (χ0v) is 13.0. The Morgan fingerprint density at radius 3 is 2.21 bits per heavy atom. The molecule has 0 bridgehead atoms. The second-order valence-corrected chi connectivity index (χ2v) is 5.60. The summed E-state index contributed by atoms with van der Waals surface area (Å²) in [6.45, 7) is -0.100. The van der Waals surface area contributed by atoms with E-state index in [2.05, 4.69) is 9.97 Å². The van der Waals surface area contributed by atoms with E-state index in [4.69, 9.17) is 4.74 Å². The SMILES string of the molecule is OCC(Oc1ccc2ncccc2c1)c1ccc2ncccc2c1. The fourth-order valence-electron chi connectivity index (χ4n) is 2.80. The van der Waals surface area contributed by atoms with Gasteiger partial charge in [0.25, 0.3) is 0 Å². The molecule has 1 atom stereocenters. The predicted molar refractivity (Wildman–Crippen MR) is 93.9 cm³/mol. The van der Waals surface area contributed by atoms with Crippen LogP contribution in [-0.2, 0) is 0 Å². The van der Waals surface area contributed by atoms with Gasteiger partial charge in [-0.3, -0.25) is 9.97 Å². The van der Waals surface area contributed by atoms with E-state index < -0.39 is 6.10 Å². The van der Waals surface area contributed by atoms with Crippen LogP contribution in [0.5, 0.6) is 5.75 Å². The fourth-order valence-corrected chi connectivity index (χ4v) is 2.80. The number of pyridine rings is 2. The van der Waals surface area contributed by atoms with Crippen LogP contribution in [0.15, 0.2) is 73.1 Å². The van der Waals surface area contributed by atoms with Crippen molar-refractivity contribution in [2.75, 3.05) is 6.61 Å². The van der Waals surface area contributed by atoms with Gasteiger partial charge in [0.1, 0.15) is 11.9 Å². The zero-order valence-electron chi connectivity index (χ0n) is 13.0. The van der Waals surface area contributed by atoms with Gasteiger partial charge < -0.3 is 9.84 Å². The van der Waals surface area contributed by atoms with Crippen molar-refractivity contribution < 1.29 is 9.84 Å². The van der Waals surface area contributed by atoms with Crippen LogP contribution in [0, 0.1) is 0 Å². The van der Waals surface area contributed by atoms with Gasteiger partial charge in [-0.25, -0.2) is 0 Å². The number of aliphatic hydroxyl groups is 1. The summed E-state index contributed by atoms with van der Waals surface area (Å²) in [5.41, 5.74) is 2.76. The molecule has 1 N–H and O–H groups in total. The molecular weight excluding hydrogens is 300 g/mol. The third kappa shape index (κ3) is 2.79. The molecule has 0 radical (unpaired) electrons. The molecule has 4 nitrogen and oxygen atoms in total. The number of fused-ring (bicyclic) bond motifs is 2. The third-order valence-corrected chi connectivity index (χ3v) is 4.02. The van der Waals surface area contributed by atoms with E-state index in [0.29, 0.717) is 5.75 Å². The van der Waals surface area contributed by atoms with Crippen molar-refractivity contribution in [1.29, 1.82) is 0 Å². The Kier molecular flexibility index (Phi) is 3.81. The molecule has 1 unspecified atom stereocenters. The molecule has 2 heterocycles. The van der Waals surface area contributed by atoms with E-state index in [0.717, 1.165) is 27.4 Å². The molecule has 0 saturated heterocycles. The number of aliphatic hydroxyl groups excluding tert-OH is 1. The number of aromatic nitrogens is 2. The summed E-state index contributed by atoms with van der Waals surface area (Å²) in [6.07, 6.45) is 3.11. The summed E-state index contributed by atoms with van der Waals surface area (Å²) in [5.74, 6) is 0.709. The summed E-state index contributed by atoms with van der Waals surface area (Å²) < 4.78 is 6.01. The van der Waals surface area contributed by atoms with Crippen LogP contribution in [0.1, 0.15) is 11.7 Å². The van der Waals surface area contributed by atoms with Crippen molar-refractivity contribution in [2.24, 2.45) is 0 Å². The minimum atomic E-state index is -0.427. The van der Waals surface area contributed by atoms with Gasteiger partial charge in [-0.2, -0.15) is 0 Å². The minimum absolute atomic E-state index is 0.100. The van der Waals surface area contributed by atoms with Crippen LogP contribution in [0.25, 0.3) is 21.8 Å². The largest absolute Gasteiger partial charge is 0.483 e. The van der Waals surface area contributed by atoms with Crippen molar-refractivity contribution in [2.45, 2.75) is 6.10 Å². The molecule has 118 valence electrons. The van der Waals surface area contributed by atoms with Crippen molar-refractivity contribution >= 4 is 21.8 Å². The molecule has 0 amide bonds. The Labute approximate surface area is 139 Å². The van der Waals surface area contributed by atoms with Gasteiger partial charge in [-0.15, -0.1) is 0 Å². The van der Waals surface area contributed by atoms with Crippen LogP contribution < -0.4 is 4.74 Å². The van der Waals surface area contributed by atoms with Crippen LogP contribution in [-0.4, -0.2) is 21.7 Å². The van der Waals surface area contributed by atoms with Gasteiger partial charge >= 0.3 is 0 Å². The zero-order chi connectivity index (χ0) is 16.4. The standard InChI is InChI=1S/C20H16N2O2/c23-13-20(16-5-7-18-14(11-16)3-1-9-21-18)24-17-6-8-19-15(12-17)4-2-10-22-19/h1-12,20,23H,13H2. The molecule has 2 aromatic heterocycles. The molecule has 0 aliphatic heterocycles. The van der Waals surface area contributed by atoms with E-state index in [1.165, 1.54) is 0 Å². The molecule has 0 saturated carbocycles. The predicted octanol–water partition coefficient (Wildman–Crippen LogP) is 3.90. The fraction of sp³-hybridized carbons (Fsp3) is 0.100. The van der Waals surface area contributed by atoms with Crippen LogP contribution in [0.4, 0.5) is 0 Å². The van der Waals surface area contributed by atoms with Crippen molar-refractivity contribution in [3.05, 3.63) is 78.6 Å². The first-order chi connectivity index (χ1) is 11.8. The highest BCUT2D eigenvalue weighted by Gasteiger charge is 2.13. The average molecular weight is 316 g/mol. The van der Waals surface area contributed by atoms with E-state index >= 15 is 0 Å². The molecule has 4 heteroatoms. The second kappa shape index (κ2) is 6.26. The molecular formula is C20H16N2O2. The molecule has 2 aromatic carbocycles. The molecule has 0 fully saturated rings. The number of hydrogen-bond acceptors (Lipinski definition) is 4. The summed E-state index contributed by atoms with van der Waals surface area (Å²) in [5, 5.41) is 11.8. The van der Waals surface area contributed by atoms with Crippen LogP contribution in [0.2, 0.25) is 0 Å². The van der Waals surface area contributed by atoms with Gasteiger partial charge in [0.05, 0.1) is 17.6 Å². The number of hydrogen-bond donors (Lipinski definition) is 1. The topological polar surface area (TPSA) is 55.2 Å². The van der Waals surface area contributed by atoms with Crippen LogP contribution >= 0.6 is 0 Å².